The zero-order chi connectivity index (χ0) is 13.9. The summed E-state index contributed by atoms with van der Waals surface area (Å²) in [5.41, 5.74) is 8.19. The summed E-state index contributed by atoms with van der Waals surface area (Å²) >= 11 is 0. The van der Waals surface area contributed by atoms with Gasteiger partial charge in [0, 0.05) is 17.4 Å². The zero-order valence-electron chi connectivity index (χ0n) is 10.7. The van der Waals surface area contributed by atoms with E-state index >= 15 is 0 Å². The Morgan fingerprint density at radius 1 is 1.15 bits per heavy atom. The number of aromatic amines is 1. The Morgan fingerprint density at radius 2 is 1.95 bits per heavy atom. The van der Waals surface area contributed by atoms with Crippen LogP contribution in [0, 0.1) is 0 Å². The number of para-hydroxylation sites is 1. The molecule has 0 saturated heterocycles. The molecule has 0 atom stereocenters. The Kier molecular flexibility index (Phi) is 3.05. The molecule has 0 radical (unpaired) electrons. The first-order valence-corrected chi connectivity index (χ1v) is 6.25. The normalized spacial score (nSPS) is 11.7. The van der Waals surface area contributed by atoms with E-state index < -0.39 is 0 Å². The SMILES string of the molecule is N/C(=C\c1ccccn1)c1cc2ccccc2[nH]c1=O. The van der Waals surface area contributed by atoms with Crippen molar-refractivity contribution in [3.8, 4) is 0 Å². The van der Waals surface area contributed by atoms with Gasteiger partial charge in [-0.25, -0.2) is 0 Å². The van der Waals surface area contributed by atoms with Crippen LogP contribution in [0.3, 0.4) is 0 Å². The fourth-order valence-electron chi connectivity index (χ4n) is 2.06. The van der Waals surface area contributed by atoms with Crippen molar-refractivity contribution in [3.05, 3.63) is 76.3 Å². The van der Waals surface area contributed by atoms with Crippen molar-refractivity contribution in [2.24, 2.45) is 5.73 Å². The highest BCUT2D eigenvalue weighted by atomic mass is 16.1. The predicted molar refractivity (Wildman–Crippen MR) is 80.9 cm³/mol. The number of pyridine rings is 2. The Morgan fingerprint density at radius 3 is 2.75 bits per heavy atom. The van der Waals surface area contributed by atoms with Crippen LogP contribution in [-0.2, 0) is 0 Å². The molecule has 0 bridgehead atoms. The fraction of sp³-hybridized carbons (Fsp3) is 0. The first kappa shape index (κ1) is 12.2. The molecule has 0 aliphatic carbocycles. The molecule has 0 fully saturated rings. The van der Waals surface area contributed by atoms with Gasteiger partial charge in [-0.15, -0.1) is 0 Å². The van der Waals surface area contributed by atoms with Crippen LogP contribution in [0.2, 0.25) is 0 Å². The molecule has 3 rings (SSSR count). The summed E-state index contributed by atoms with van der Waals surface area (Å²) in [7, 11) is 0. The summed E-state index contributed by atoms with van der Waals surface area (Å²) in [6, 6.07) is 14.9. The third-order valence-corrected chi connectivity index (χ3v) is 3.06. The van der Waals surface area contributed by atoms with Crippen molar-refractivity contribution in [2.75, 3.05) is 0 Å². The lowest BCUT2D eigenvalue weighted by molar-refractivity contribution is 1.26. The minimum Gasteiger partial charge on any atom is -0.398 e. The van der Waals surface area contributed by atoms with E-state index in [1.807, 2.05) is 42.5 Å². The van der Waals surface area contributed by atoms with E-state index in [9.17, 15) is 4.79 Å². The number of benzene rings is 1. The summed E-state index contributed by atoms with van der Waals surface area (Å²) in [5, 5.41) is 0.944. The molecule has 3 aromatic rings. The number of nitrogens with two attached hydrogens (primary N) is 1. The molecule has 2 heterocycles. The third kappa shape index (κ3) is 2.31. The predicted octanol–water partition coefficient (Wildman–Crippen LogP) is 2.38. The third-order valence-electron chi connectivity index (χ3n) is 3.06. The molecule has 4 heteroatoms. The van der Waals surface area contributed by atoms with Crippen molar-refractivity contribution in [2.45, 2.75) is 0 Å². The van der Waals surface area contributed by atoms with E-state index in [1.54, 1.807) is 18.3 Å². The lowest BCUT2D eigenvalue weighted by Crippen LogP contribution is -2.14. The van der Waals surface area contributed by atoms with Gasteiger partial charge in [0.25, 0.3) is 5.56 Å². The monoisotopic (exact) mass is 263 g/mol. The zero-order valence-corrected chi connectivity index (χ0v) is 10.7. The van der Waals surface area contributed by atoms with Gasteiger partial charge in [-0.05, 0) is 35.7 Å². The van der Waals surface area contributed by atoms with E-state index in [0.717, 1.165) is 16.6 Å². The molecular weight excluding hydrogens is 250 g/mol. The molecule has 0 saturated carbocycles. The number of hydrogen-bond donors (Lipinski definition) is 2. The maximum atomic E-state index is 12.1. The van der Waals surface area contributed by atoms with Gasteiger partial charge >= 0.3 is 0 Å². The topological polar surface area (TPSA) is 71.8 Å². The van der Waals surface area contributed by atoms with Crippen molar-refractivity contribution in [3.63, 3.8) is 0 Å². The summed E-state index contributed by atoms with van der Waals surface area (Å²) in [6.45, 7) is 0. The molecular formula is C16H13N3O. The number of nitrogens with one attached hydrogen (secondary N) is 1. The van der Waals surface area contributed by atoms with E-state index in [0.29, 0.717) is 11.3 Å². The molecule has 0 unspecified atom stereocenters. The van der Waals surface area contributed by atoms with Gasteiger partial charge < -0.3 is 10.7 Å². The quantitative estimate of drug-likeness (QED) is 0.745. The van der Waals surface area contributed by atoms with Crippen LogP contribution in [0.25, 0.3) is 22.7 Å². The van der Waals surface area contributed by atoms with Crippen molar-refractivity contribution in [1.29, 1.82) is 0 Å². The minimum absolute atomic E-state index is 0.201. The Bertz CT molecular complexity index is 835. The molecule has 1 aromatic carbocycles. The Hall–Kier alpha value is -2.88. The van der Waals surface area contributed by atoms with Gasteiger partial charge in [0.1, 0.15) is 0 Å². The molecule has 98 valence electrons. The van der Waals surface area contributed by atoms with E-state index in [-0.39, 0.29) is 5.56 Å². The van der Waals surface area contributed by atoms with E-state index in [4.69, 9.17) is 5.73 Å². The van der Waals surface area contributed by atoms with Crippen LogP contribution in [0.4, 0.5) is 0 Å². The second-order valence-electron chi connectivity index (χ2n) is 4.45. The second-order valence-corrected chi connectivity index (χ2v) is 4.45. The van der Waals surface area contributed by atoms with Gasteiger partial charge in [0.2, 0.25) is 0 Å². The van der Waals surface area contributed by atoms with Crippen molar-refractivity contribution < 1.29 is 0 Å². The standard InChI is InChI=1S/C16H13N3O/c17-14(10-12-6-3-4-8-18-12)13-9-11-5-1-2-7-15(11)19-16(13)20/h1-10H,17H2,(H,19,20)/b14-10-. The van der Waals surface area contributed by atoms with Crippen LogP contribution in [-0.4, -0.2) is 9.97 Å². The second kappa shape index (κ2) is 5.01. The van der Waals surface area contributed by atoms with Crippen LogP contribution in [0.5, 0.6) is 0 Å². The number of H-pyrrole nitrogens is 1. The number of fused-ring (bicyclic) bond motifs is 1. The van der Waals surface area contributed by atoms with Crippen LogP contribution in [0.1, 0.15) is 11.3 Å². The average molecular weight is 263 g/mol. The molecule has 0 aliphatic rings. The molecule has 3 N–H and O–H groups in total. The summed E-state index contributed by atoms with van der Waals surface area (Å²) in [5.74, 6) is 0. The molecule has 20 heavy (non-hydrogen) atoms. The molecule has 0 spiro atoms. The fourth-order valence-corrected chi connectivity index (χ4v) is 2.06. The highest BCUT2D eigenvalue weighted by Gasteiger charge is 2.05. The molecule has 2 aromatic heterocycles. The smallest absolute Gasteiger partial charge is 0.257 e. The highest BCUT2D eigenvalue weighted by Crippen LogP contribution is 2.14. The molecule has 0 aliphatic heterocycles. The van der Waals surface area contributed by atoms with E-state index in [2.05, 4.69) is 9.97 Å². The minimum atomic E-state index is -0.201. The van der Waals surface area contributed by atoms with Gasteiger partial charge in [-0.2, -0.15) is 0 Å². The summed E-state index contributed by atoms with van der Waals surface area (Å²) in [4.78, 5) is 19.1. The molecule has 0 amide bonds. The van der Waals surface area contributed by atoms with Gasteiger partial charge in [0.15, 0.2) is 0 Å². The molecule has 4 nitrogen and oxygen atoms in total. The van der Waals surface area contributed by atoms with Gasteiger partial charge in [-0.1, -0.05) is 24.3 Å². The summed E-state index contributed by atoms with van der Waals surface area (Å²) < 4.78 is 0. The van der Waals surface area contributed by atoms with Crippen LogP contribution < -0.4 is 11.3 Å². The maximum absolute atomic E-state index is 12.1. The van der Waals surface area contributed by atoms with Crippen LogP contribution in [0.15, 0.2) is 59.5 Å². The van der Waals surface area contributed by atoms with E-state index in [1.165, 1.54) is 0 Å². The Labute approximate surface area is 115 Å². The largest absolute Gasteiger partial charge is 0.398 e. The Balaban J connectivity index is 2.12. The number of aromatic nitrogens is 2. The number of rotatable bonds is 2. The maximum Gasteiger partial charge on any atom is 0.257 e. The van der Waals surface area contributed by atoms with Crippen molar-refractivity contribution in [1.82, 2.24) is 9.97 Å². The van der Waals surface area contributed by atoms with Gasteiger partial charge in [0.05, 0.1) is 11.3 Å². The van der Waals surface area contributed by atoms with Gasteiger partial charge in [-0.3, -0.25) is 9.78 Å². The first-order valence-electron chi connectivity index (χ1n) is 6.25. The number of hydrogen-bond acceptors (Lipinski definition) is 3. The average Bonchev–Trinajstić information content (AvgIpc) is 2.47. The van der Waals surface area contributed by atoms with Crippen molar-refractivity contribution >= 4 is 22.7 Å². The van der Waals surface area contributed by atoms with Crippen LogP contribution >= 0.6 is 0 Å². The lowest BCUT2D eigenvalue weighted by Gasteiger charge is -2.03. The lowest BCUT2D eigenvalue weighted by atomic mass is 10.1. The highest BCUT2D eigenvalue weighted by molar-refractivity contribution is 5.85. The number of nitrogens with zero attached hydrogens (tertiary/aromatic N) is 1. The first-order chi connectivity index (χ1) is 9.74. The summed E-state index contributed by atoms with van der Waals surface area (Å²) in [6.07, 6.45) is 3.38.